The average Bonchev–Trinajstić information content (AvgIpc) is 3.37. The first-order valence-corrected chi connectivity index (χ1v) is 8.36. The SMILES string of the molecule is COc1cc(CNC2CC2)cc(Br)c1OCOCC1CC1. The van der Waals surface area contributed by atoms with Gasteiger partial charge in [-0.1, -0.05) is 0 Å². The third kappa shape index (κ3) is 4.59. The Kier molecular flexibility index (Phi) is 5.03. The molecule has 1 N–H and O–H groups in total. The first kappa shape index (κ1) is 15.1. The molecule has 0 aliphatic heterocycles. The Bertz CT molecular complexity index is 487. The lowest BCUT2D eigenvalue weighted by molar-refractivity contribution is 0.00821. The monoisotopic (exact) mass is 355 g/mol. The van der Waals surface area contributed by atoms with E-state index in [4.69, 9.17) is 14.2 Å². The molecule has 0 unspecified atom stereocenters. The van der Waals surface area contributed by atoms with Gasteiger partial charge >= 0.3 is 0 Å². The zero-order valence-corrected chi connectivity index (χ0v) is 13.9. The van der Waals surface area contributed by atoms with E-state index in [1.54, 1.807) is 7.11 Å². The van der Waals surface area contributed by atoms with Crippen molar-refractivity contribution in [2.24, 2.45) is 5.92 Å². The van der Waals surface area contributed by atoms with Crippen LogP contribution in [0.2, 0.25) is 0 Å². The fourth-order valence-corrected chi connectivity index (χ4v) is 2.77. The van der Waals surface area contributed by atoms with Gasteiger partial charge in [0, 0.05) is 12.6 Å². The molecule has 3 rings (SSSR count). The minimum Gasteiger partial charge on any atom is -0.493 e. The summed E-state index contributed by atoms with van der Waals surface area (Å²) >= 11 is 3.57. The Morgan fingerprint density at radius 2 is 2.05 bits per heavy atom. The van der Waals surface area contributed by atoms with Crippen LogP contribution in [0.1, 0.15) is 31.2 Å². The maximum atomic E-state index is 5.72. The van der Waals surface area contributed by atoms with Gasteiger partial charge in [-0.3, -0.25) is 0 Å². The smallest absolute Gasteiger partial charge is 0.189 e. The highest BCUT2D eigenvalue weighted by atomic mass is 79.9. The molecule has 1 aromatic rings. The van der Waals surface area contributed by atoms with E-state index in [1.165, 1.54) is 31.2 Å². The lowest BCUT2D eigenvalue weighted by Crippen LogP contribution is -2.15. The standard InChI is InChI=1S/C16H22BrNO3/c1-19-15-7-12(8-18-13-4-5-13)6-14(17)16(15)21-10-20-9-11-2-3-11/h6-7,11,13,18H,2-5,8-10H2,1H3. The molecule has 2 aliphatic rings. The van der Waals surface area contributed by atoms with Crippen LogP contribution in [0.15, 0.2) is 16.6 Å². The van der Waals surface area contributed by atoms with Crippen LogP contribution in [-0.4, -0.2) is 26.6 Å². The van der Waals surface area contributed by atoms with E-state index < -0.39 is 0 Å². The third-order valence-corrected chi connectivity index (χ3v) is 4.39. The van der Waals surface area contributed by atoms with Crippen LogP contribution < -0.4 is 14.8 Å². The number of benzene rings is 1. The van der Waals surface area contributed by atoms with E-state index in [0.717, 1.165) is 29.3 Å². The number of halogens is 1. The summed E-state index contributed by atoms with van der Waals surface area (Å²) in [6.07, 6.45) is 5.15. The quantitative estimate of drug-likeness (QED) is 0.543. The zero-order chi connectivity index (χ0) is 14.7. The summed E-state index contributed by atoms with van der Waals surface area (Å²) in [5, 5.41) is 3.50. The minimum absolute atomic E-state index is 0.269. The molecular formula is C16H22BrNO3. The van der Waals surface area contributed by atoms with Crippen LogP contribution in [-0.2, 0) is 11.3 Å². The molecule has 2 saturated carbocycles. The van der Waals surface area contributed by atoms with Gasteiger partial charge in [-0.15, -0.1) is 0 Å². The third-order valence-electron chi connectivity index (χ3n) is 3.80. The highest BCUT2D eigenvalue weighted by Gasteiger charge is 2.22. The minimum atomic E-state index is 0.269. The Balaban J connectivity index is 1.57. The van der Waals surface area contributed by atoms with Crippen molar-refractivity contribution in [1.29, 1.82) is 0 Å². The van der Waals surface area contributed by atoms with Gasteiger partial charge in [-0.2, -0.15) is 0 Å². The lowest BCUT2D eigenvalue weighted by Gasteiger charge is -2.14. The summed E-state index contributed by atoms with van der Waals surface area (Å²) in [5.41, 5.74) is 1.19. The number of hydrogen-bond acceptors (Lipinski definition) is 4. The number of nitrogens with one attached hydrogen (secondary N) is 1. The van der Waals surface area contributed by atoms with E-state index in [9.17, 15) is 0 Å². The second kappa shape index (κ2) is 6.99. The molecule has 0 atom stereocenters. The second-order valence-electron chi connectivity index (χ2n) is 5.84. The van der Waals surface area contributed by atoms with Gasteiger partial charge in [0.1, 0.15) is 0 Å². The Labute approximate surface area is 134 Å². The van der Waals surface area contributed by atoms with E-state index in [1.807, 2.05) is 6.07 Å². The van der Waals surface area contributed by atoms with E-state index in [-0.39, 0.29) is 6.79 Å². The van der Waals surface area contributed by atoms with Crippen molar-refractivity contribution in [3.63, 3.8) is 0 Å². The molecule has 0 bridgehead atoms. The Morgan fingerprint density at radius 1 is 1.24 bits per heavy atom. The fraction of sp³-hybridized carbons (Fsp3) is 0.625. The summed E-state index contributed by atoms with van der Waals surface area (Å²) in [6.45, 7) is 1.92. The molecule has 0 spiro atoms. The molecule has 116 valence electrons. The molecule has 2 aliphatic carbocycles. The molecule has 2 fully saturated rings. The van der Waals surface area contributed by atoms with Gasteiger partial charge in [-0.25, -0.2) is 0 Å². The van der Waals surface area contributed by atoms with Gasteiger partial charge in [-0.05, 0) is 65.2 Å². The molecule has 4 nitrogen and oxygen atoms in total. The van der Waals surface area contributed by atoms with Crippen LogP contribution >= 0.6 is 15.9 Å². The van der Waals surface area contributed by atoms with Crippen molar-refractivity contribution in [3.05, 3.63) is 22.2 Å². The summed E-state index contributed by atoms with van der Waals surface area (Å²) < 4.78 is 17.6. The molecule has 0 radical (unpaired) electrons. The van der Waals surface area contributed by atoms with Crippen molar-refractivity contribution < 1.29 is 14.2 Å². The molecule has 5 heteroatoms. The van der Waals surface area contributed by atoms with Crippen LogP contribution in [0, 0.1) is 5.92 Å². The lowest BCUT2D eigenvalue weighted by atomic mass is 10.2. The summed E-state index contributed by atoms with van der Waals surface area (Å²) in [7, 11) is 1.66. The summed E-state index contributed by atoms with van der Waals surface area (Å²) in [5.74, 6) is 2.20. The highest BCUT2D eigenvalue weighted by Crippen LogP contribution is 2.37. The zero-order valence-electron chi connectivity index (χ0n) is 12.4. The molecule has 21 heavy (non-hydrogen) atoms. The Morgan fingerprint density at radius 3 is 2.71 bits per heavy atom. The summed E-state index contributed by atoms with van der Waals surface area (Å²) in [4.78, 5) is 0. The second-order valence-corrected chi connectivity index (χ2v) is 6.69. The van der Waals surface area contributed by atoms with Gasteiger partial charge in [0.25, 0.3) is 0 Å². The number of ether oxygens (including phenoxy) is 3. The first-order chi connectivity index (χ1) is 10.3. The van der Waals surface area contributed by atoms with Crippen LogP contribution in [0.5, 0.6) is 11.5 Å². The van der Waals surface area contributed by atoms with Crippen LogP contribution in [0.3, 0.4) is 0 Å². The van der Waals surface area contributed by atoms with Crippen LogP contribution in [0.4, 0.5) is 0 Å². The van der Waals surface area contributed by atoms with Crippen LogP contribution in [0.25, 0.3) is 0 Å². The van der Waals surface area contributed by atoms with E-state index in [0.29, 0.717) is 11.8 Å². The van der Waals surface area contributed by atoms with Gasteiger partial charge in [0.2, 0.25) is 0 Å². The normalized spacial score (nSPS) is 17.8. The van der Waals surface area contributed by atoms with E-state index >= 15 is 0 Å². The number of hydrogen-bond donors (Lipinski definition) is 1. The first-order valence-electron chi connectivity index (χ1n) is 7.56. The van der Waals surface area contributed by atoms with Crippen molar-refractivity contribution >= 4 is 15.9 Å². The van der Waals surface area contributed by atoms with Gasteiger partial charge < -0.3 is 19.5 Å². The molecule has 0 heterocycles. The molecule has 1 aromatic carbocycles. The predicted octanol–water partition coefficient (Wildman–Crippen LogP) is 3.47. The van der Waals surface area contributed by atoms with Crippen molar-refractivity contribution in [2.45, 2.75) is 38.3 Å². The fourth-order valence-electron chi connectivity index (χ4n) is 2.16. The topological polar surface area (TPSA) is 39.7 Å². The molecule has 0 aromatic heterocycles. The van der Waals surface area contributed by atoms with E-state index in [2.05, 4.69) is 27.3 Å². The molecular weight excluding hydrogens is 334 g/mol. The largest absolute Gasteiger partial charge is 0.493 e. The number of methoxy groups -OCH3 is 1. The average molecular weight is 356 g/mol. The molecule has 0 amide bonds. The predicted molar refractivity (Wildman–Crippen MR) is 84.7 cm³/mol. The maximum absolute atomic E-state index is 5.72. The van der Waals surface area contributed by atoms with Crippen molar-refractivity contribution in [3.8, 4) is 11.5 Å². The number of rotatable bonds is 9. The summed E-state index contributed by atoms with van der Waals surface area (Å²) in [6, 6.07) is 4.80. The van der Waals surface area contributed by atoms with Crippen molar-refractivity contribution in [1.82, 2.24) is 5.32 Å². The van der Waals surface area contributed by atoms with Gasteiger partial charge in [0.15, 0.2) is 18.3 Å². The molecule has 0 saturated heterocycles. The van der Waals surface area contributed by atoms with Gasteiger partial charge in [0.05, 0.1) is 18.2 Å². The highest BCUT2D eigenvalue weighted by molar-refractivity contribution is 9.10. The van der Waals surface area contributed by atoms with Crippen molar-refractivity contribution in [2.75, 3.05) is 20.5 Å². The Hall–Kier alpha value is -0.780. The maximum Gasteiger partial charge on any atom is 0.189 e.